The molecule has 0 unspecified atom stereocenters. The Labute approximate surface area is 646 Å². The Kier molecular flexibility index (Phi) is 124. The van der Waals surface area contributed by atoms with E-state index in [9.17, 15) is 0 Å². The Morgan fingerprint density at radius 3 is 0.822 bits per heavy atom. The van der Waals surface area contributed by atoms with Crippen LogP contribution in [-0.2, 0) is 0 Å². The number of aromatic nitrogens is 28. The van der Waals surface area contributed by atoms with Gasteiger partial charge in [0.2, 0.25) is 0 Å². The first-order valence-corrected chi connectivity index (χ1v) is 36.4. The van der Waals surface area contributed by atoms with Crippen molar-refractivity contribution < 1.29 is 0 Å². The predicted molar refractivity (Wildman–Crippen MR) is 442 cm³/mol. The fraction of sp³-hybridized carbons (Fsp3) is 0.443. The van der Waals surface area contributed by atoms with Gasteiger partial charge in [-0.3, -0.25) is 19.9 Å². The zero-order chi connectivity index (χ0) is 84.2. The van der Waals surface area contributed by atoms with Crippen LogP contribution in [0.15, 0.2) is 191 Å². The van der Waals surface area contributed by atoms with Gasteiger partial charge in [-0.1, -0.05) is 158 Å². The smallest absolute Gasteiger partial charge is 0.170 e. The number of rotatable bonds is 0. The van der Waals surface area contributed by atoms with Gasteiger partial charge < -0.3 is 0 Å². The highest BCUT2D eigenvalue weighted by Crippen LogP contribution is 1.90. The molecule has 0 aliphatic carbocycles. The Hall–Kier alpha value is -11.3. The molecule has 0 N–H and O–H groups in total. The van der Waals surface area contributed by atoms with E-state index in [1.54, 1.807) is 126 Å². The van der Waals surface area contributed by atoms with Crippen molar-refractivity contribution >= 4 is 0 Å². The van der Waals surface area contributed by atoms with Crippen LogP contribution in [0, 0.1) is 90.0 Å². The molecule has 0 fully saturated rings. The molecule has 0 radical (unpaired) electrons. The lowest BCUT2D eigenvalue weighted by atomic mass is 10.3. The van der Waals surface area contributed by atoms with Crippen LogP contribution in [0.2, 0.25) is 0 Å². The normalized spacial score (nSPS) is 7.58. The zero-order valence-electron chi connectivity index (χ0n) is 71.9. The topological polar surface area (TPSA) is 361 Å². The average molecular weight is 1480 g/mol. The molecule has 0 saturated heterocycles. The summed E-state index contributed by atoms with van der Waals surface area (Å²) in [5, 5.41) is 50.6. The largest absolute Gasteiger partial charge is 0.265 e. The summed E-state index contributed by atoms with van der Waals surface area (Å²) in [5.41, 5.74) is 8.16. The summed E-state index contributed by atoms with van der Waals surface area (Å²) < 4.78 is 0. The average Bonchev–Trinajstić information content (AvgIpc) is 1.18. The molecule has 0 aliphatic heterocycles. The SMILES string of the molecule is CC.CC.CC.CC.CC.CC.CC.CC.CC.CC.CC.Cc1ccccn1.Cc1cccnn1.Cc1ccncc1.Cc1ccncn1.Cc1ccnnc1.Cc1cnccn1.Cc1cncnn1.Cc1cnncn1.Cc1ncccn1.Cc1nccnn1.Cc1ncncn1.Cc1nnc(C)nn1. The van der Waals surface area contributed by atoms with Crippen LogP contribution >= 0.6 is 0 Å². The molecule has 592 valence electrons. The van der Waals surface area contributed by atoms with Gasteiger partial charge in [0.05, 0.1) is 47.6 Å². The maximum atomic E-state index is 3.98. The zero-order valence-corrected chi connectivity index (χ0v) is 71.9. The molecule has 0 atom stereocenters. The number of aryl methyl sites for hydroxylation is 13. The highest BCUT2D eigenvalue weighted by Gasteiger charge is 1.87. The van der Waals surface area contributed by atoms with Crippen LogP contribution in [-0.4, -0.2) is 141 Å². The van der Waals surface area contributed by atoms with Crippen molar-refractivity contribution in [1.82, 2.24) is 141 Å². The van der Waals surface area contributed by atoms with Crippen molar-refractivity contribution in [3.63, 3.8) is 0 Å². The molecule has 12 aromatic rings. The molecule has 12 rings (SSSR count). The van der Waals surface area contributed by atoms with E-state index in [0.717, 1.165) is 51.4 Å². The van der Waals surface area contributed by atoms with Crippen molar-refractivity contribution in [2.45, 2.75) is 242 Å². The third-order valence-corrected chi connectivity index (χ3v) is 8.33. The highest BCUT2D eigenvalue weighted by molar-refractivity contribution is 5.06. The maximum Gasteiger partial charge on any atom is 0.170 e. The van der Waals surface area contributed by atoms with Gasteiger partial charge in [-0.2, -0.15) is 35.7 Å². The molecule has 12 aromatic heterocycles. The summed E-state index contributed by atoms with van der Waals surface area (Å²) in [6.07, 6.45) is 34.4. The van der Waals surface area contributed by atoms with E-state index < -0.39 is 0 Å². The molecule has 12 heterocycles. The lowest BCUT2D eigenvalue weighted by Crippen LogP contribution is -1.97. The second-order valence-electron chi connectivity index (χ2n) is 16.1. The van der Waals surface area contributed by atoms with Crippen molar-refractivity contribution in [2.75, 3.05) is 0 Å². The van der Waals surface area contributed by atoms with Gasteiger partial charge in [0.25, 0.3) is 0 Å². The Morgan fingerprint density at radius 2 is 0.598 bits per heavy atom. The van der Waals surface area contributed by atoms with E-state index in [1.807, 2.05) is 276 Å². The van der Waals surface area contributed by atoms with Gasteiger partial charge in [0.15, 0.2) is 11.6 Å². The molecule has 0 spiro atoms. The second-order valence-corrected chi connectivity index (χ2v) is 16.1. The lowest BCUT2D eigenvalue weighted by Gasteiger charge is -1.85. The van der Waals surface area contributed by atoms with Gasteiger partial charge in [-0.15, -0.1) is 35.7 Å². The molecule has 0 aromatic carbocycles. The van der Waals surface area contributed by atoms with Gasteiger partial charge in [0.1, 0.15) is 49.1 Å². The van der Waals surface area contributed by atoms with Crippen LogP contribution in [0.25, 0.3) is 0 Å². The molecular formula is C79H136N28. The minimum atomic E-state index is 0.607. The van der Waals surface area contributed by atoms with Gasteiger partial charge in [-0.25, -0.2) is 49.8 Å². The Morgan fingerprint density at radius 1 is 0.168 bits per heavy atom. The summed E-state index contributed by atoms with van der Waals surface area (Å²) in [5.74, 6) is 3.51. The standard InChI is InChI=1S/2C6H7N.5C5H6N2.C4H6N4.4C4H5N3.11C2H6/c1-6-2-4-7-5-3-6;1-6-4-2-3-5-7-6;1-5-4-6-2-3-7-5;1-5-2-3-6-4-7-5;1-5-2-3-6-7-4-5;1-5-6-3-2-4-7-5;1-5-3-2-4-6-7-5;1-3-5-7-4(2)8-6-3;1-4-6-2-5-3-7-4;1-4-2-6-7-3-5-4;1-4-2-5-3-6-7-4;1-4-5-2-3-6-7-4;11*1-2/h2*2-5H,1H3;5*2-4H,1H3;1-2H3;4*2-3H,1H3;11*1-2H3. The molecular weight excluding hydrogens is 1340 g/mol. The van der Waals surface area contributed by atoms with E-state index in [4.69, 9.17) is 0 Å². The van der Waals surface area contributed by atoms with Gasteiger partial charge in [-0.05, 0) is 156 Å². The summed E-state index contributed by atoms with van der Waals surface area (Å²) in [7, 11) is 0. The van der Waals surface area contributed by atoms with Crippen LogP contribution < -0.4 is 0 Å². The molecule has 0 bridgehead atoms. The summed E-state index contributed by atoms with van der Waals surface area (Å²) in [6.45, 7) is 68.4. The van der Waals surface area contributed by atoms with E-state index >= 15 is 0 Å². The van der Waals surface area contributed by atoms with Crippen LogP contribution in [0.3, 0.4) is 0 Å². The predicted octanol–water partition coefficient (Wildman–Crippen LogP) is 18.6. The van der Waals surface area contributed by atoms with Gasteiger partial charge >= 0.3 is 0 Å². The Balaban J connectivity index is -0.000000102. The molecule has 0 amide bonds. The second kappa shape index (κ2) is 111. The minimum Gasteiger partial charge on any atom is -0.265 e. The fourth-order valence-electron chi connectivity index (χ4n) is 4.26. The van der Waals surface area contributed by atoms with Crippen molar-refractivity contribution in [3.05, 3.63) is 266 Å². The van der Waals surface area contributed by atoms with Crippen molar-refractivity contribution in [1.29, 1.82) is 0 Å². The number of hydrogen-bond donors (Lipinski definition) is 0. The third kappa shape index (κ3) is 108. The van der Waals surface area contributed by atoms with Crippen LogP contribution in [0.5, 0.6) is 0 Å². The first-order valence-electron chi connectivity index (χ1n) is 36.4. The molecule has 28 heteroatoms. The van der Waals surface area contributed by atoms with E-state index in [1.165, 1.54) is 37.2 Å². The summed E-state index contributed by atoms with van der Waals surface area (Å²) >= 11 is 0. The lowest BCUT2D eigenvalue weighted by molar-refractivity contribution is 0.767. The quantitative estimate of drug-likeness (QED) is 0.136. The van der Waals surface area contributed by atoms with E-state index in [2.05, 4.69) is 141 Å². The summed E-state index contributed by atoms with van der Waals surface area (Å²) in [4.78, 5) is 53.4. The summed E-state index contributed by atoms with van der Waals surface area (Å²) in [6, 6.07) is 19.1. The number of nitrogens with zero attached hydrogens (tertiary/aromatic N) is 28. The molecule has 107 heavy (non-hydrogen) atoms. The first kappa shape index (κ1) is 120. The fourth-order valence-corrected chi connectivity index (χ4v) is 4.26. The van der Waals surface area contributed by atoms with Crippen LogP contribution in [0.4, 0.5) is 0 Å². The first-order chi connectivity index (χ1) is 52.1. The third-order valence-electron chi connectivity index (χ3n) is 8.33. The van der Waals surface area contributed by atoms with E-state index in [0.29, 0.717) is 17.5 Å². The number of hydrogen-bond acceptors (Lipinski definition) is 28. The minimum absolute atomic E-state index is 0.607. The molecule has 0 saturated carbocycles. The van der Waals surface area contributed by atoms with Gasteiger partial charge in [0, 0.05) is 85.7 Å². The van der Waals surface area contributed by atoms with Crippen molar-refractivity contribution in [2.24, 2.45) is 0 Å². The maximum absolute atomic E-state index is 3.98. The highest BCUT2D eigenvalue weighted by atomic mass is 15.3. The molecule has 0 aliphatic rings. The van der Waals surface area contributed by atoms with Crippen LogP contribution in [0.1, 0.15) is 227 Å². The van der Waals surface area contributed by atoms with E-state index in [-0.39, 0.29) is 0 Å². The van der Waals surface area contributed by atoms with Crippen molar-refractivity contribution in [3.8, 4) is 0 Å². The monoisotopic (exact) mass is 1480 g/mol. The molecule has 28 nitrogen and oxygen atoms in total. The Bertz CT molecular complexity index is 2580. The number of pyridine rings is 2.